The number of anilines is 1. The second-order valence-electron chi connectivity index (χ2n) is 4.82. The maximum atomic E-state index is 12.0. The van der Waals surface area contributed by atoms with Crippen molar-refractivity contribution >= 4 is 27.5 Å². The van der Waals surface area contributed by atoms with Crippen LogP contribution in [-0.2, 0) is 11.3 Å². The van der Waals surface area contributed by atoms with Crippen LogP contribution in [0.25, 0.3) is 0 Å². The minimum absolute atomic E-state index is 0.00876. The summed E-state index contributed by atoms with van der Waals surface area (Å²) < 4.78 is 1.00. The lowest BCUT2D eigenvalue weighted by Crippen LogP contribution is -2.24. The Balaban J connectivity index is 1.99. The minimum Gasteiger partial charge on any atom is -0.360 e. The van der Waals surface area contributed by atoms with E-state index in [2.05, 4.69) is 31.5 Å². The third-order valence-electron chi connectivity index (χ3n) is 3.08. The van der Waals surface area contributed by atoms with E-state index >= 15 is 0 Å². The van der Waals surface area contributed by atoms with Crippen LogP contribution in [0.1, 0.15) is 11.1 Å². The smallest absolute Gasteiger partial charge is 0.263 e. The molecule has 5 nitrogen and oxygen atoms in total. The van der Waals surface area contributed by atoms with Crippen molar-refractivity contribution in [1.82, 2.24) is 10.3 Å². The van der Waals surface area contributed by atoms with Gasteiger partial charge in [0.15, 0.2) is 0 Å². The van der Waals surface area contributed by atoms with Gasteiger partial charge in [-0.15, -0.1) is 0 Å². The van der Waals surface area contributed by atoms with Crippen LogP contribution < -0.4 is 10.6 Å². The second kappa shape index (κ2) is 8.11. The average molecular weight is 371 g/mol. The Morgan fingerprint density at radius 2 is 2.26 bits per heavy atom. The quantitative estimate of drug-likeness (QED) is 0.625. The predicted octanol–water partition coefficient (Wildman–Crippen LogP) is 3.29. The summed E-state index contributed by atoms with van der Waals surface area (Å²) >= 11 is 3.42. The monoisotopic (exact) mass is 370 g/mol. The largest absolute Gasteiger partial charge is 0.360 e. The number of nitrogens with one attached hydrogen (secondary N) is 2. The van der Waals surface area contributed by atoms with E-state index in [9.17, 15) is 4.79 Å². The molecule has 0 aliphatic carbocycles. The maximum Gasteiger partial charge on any atom is 0.263 e. The fourth-order valence-corrected chi connectivity index (χ4v) is 2.07. The Bertz CT molecular complexity index is 766. The van der Waals surface area contributed by atoms with E-state index in [1.807, 2.05) is 37.3 Å². The molecule has 2 aromatic rings. The van der Waals surface area contributed by atoms with Crippen LogP contribution in [0.4, 0.5) is 5.69 Å². The molecule has 0 bridgehead atoms. The Hall–Kier alpha value is -2.65. The Labute approximate surface area is 143 Å². The molecule has 0 atom stereocenters. The van der Waals surface area contributed by atoms with Gasteiger partial charge in [0.1, 0.15) is 11.6 Å². The van der Waals surface area contributed by atoms with Crippen LogP contribution >= 0.6 is 15.9 Å². The third kappa shape index (κ3) is 4.94. The molecule has 1 aromatic carbocycles. The van der Waals surface area contributed by atoms with Crippen molar-refractivity contribution in [1.29, 1.82) is 5.26 Å². The van der Waals surface area contributed by atoms with E-state index in [-0.39, 0.29) is 5.57 Å². The molecular weight excluding hydrogens is 356 g/mol. The zero-order chi connectivity index (χ0) is 16.7. The molecule has 0 unspecified atom stereocenters. The van der Waals surface area contributed by atoms with Gasteiger partial charge in [-0.3, -0.25) is 9.78 Å². The first-order chi connectivity index (χ1) is 11.1. The Morgan fingerprint density at radius 3 is 2.91 bits per heavy atom. The molecule has 1 heterocycles. The van der Waals surface area contributed by atoms with E-state index < -0.39 is 5.91 Å². The van der Waals surface area contributed by atoms with Crippen molar-refractivity contribution in [3.05, 3.63) is 70.1 Å². The van der Waals surface area contributed by atoms with E-state index in [0.717, 1.165) is 21.3 Å². The third-order valence-corrected chi connectivity index (χ3v) is 3.97. The first-order valence-electron chi connectivity index (χ1n) is 6.90. The summed E-state index contributed by atoms with van der Waals surface area (Å²) in [5.74, 6) is -0.433. The van der Waals surface area contributed by atoms with Crippen molar-refractivity contribution in [2.24, 2.45) is 0 Å². The van der Waals surface area contributed by atoms with Gasteiger partial charge in [-0.1, -0.05) is 22.0 Å². The number of benzene rings is 1. The molecule has 1 aromatic heterocycles. The summed E-state index contributed by atoms with van der Waals surface area (Å²) in [6.07, 6.45) is 4.73. The van der Waals surface area contributed by atoms with Crippen LogP contribution in [0, 0.1) is 18.3 Å². The molecule has 23 heavy (non-hydrogen) atoms. The summed E-state index contributed by atoms with van der Waals surface area (Å²) in [5.41, 5.74) is 2.74. The highest BCUT2D eigenvalue weighted by molar-refractivity contribution is 9.10. The molecule has 116 valence electrons. The highest BCUT2D eigenvalue weighted by atomic mass is 79.9. The highest BCUT2D eigenvalue weighted by Crippen LogP contribution is 2.20. The van der Waals surface area contributed by atoms with Gasteiger partial charge in [0.25, 0.3) is 5.91 Å². The van der Waals surface area contributed by atoms with Crippen LogP contribution in [0.3, 0.4) is 0 Å². The first kappa shape index (κ1) is 16.7. The lowest BCUT2D eigenvalue weighted by Gasteiger charge is -2.06. The van der Waals surface area contributed by atoms with Gasteiger partial charge in [0.05, 0.1) is 0 Å². The molecule has 0 radical (unpaired) electrons. The van der Waals surface area contributed by atoms with Gasteiger partial charge in [0, 0.05) is 35.3 Å². The lowest BCUT2D eigenvalue weighted by molar-refractivity contribution is -0.117. The van der Waals surface area contributed by atoms with Crippen molar-refractivity contribution in [3.8, 4) is 6.07 Å². The zero-order valence-electron chi connectivity index (χ0n) is 12.5. The predicted molar refractivity (Wildman–Crippen MR) is 92.3 cm³/mol. The number of carbonyl (C=O) groups is 1. The number of rotatable bonds is 5. The van der Waals surface area contributed by atoms with Crippen molar-refractivity contribution in [2.75, 3.05) is 5.32 Å². The number of amides is 1. The van der Waals surface area contributed by atoms with Crippen LogP contribution in [-0.4, -0.2) is 10.9 Å². The number of nitriles is 1. The highest BCUT2D eigenvalue weighted by Gasteiger charge is 2.08. The number of hydrogen-bond acceptors (Lipinski definition) is 4. The molecular formula is C17H15BrN4O. The van der Waals surface area contributed by atoms with Crippen molar-refractivity contribution in [2.45, 2.75) is 13.5 Å². The van der Waals surface area contributed by atoms with Crippen LogP contribution in [0.15, 0.2) is 59.0 Å². The Kier molecular flexibility index (Phi) is 5.89. The molecule has 0 aliphatic rings. The summed E-state index contributed by atoms with van der Waals surface area (Å²) in [6, 6.07) is 11.2. The van der Waals surface area contributed by atoms with Gasteiger partial charge in [-0.2, -0.15) is 5.26 Å². The molecule has 0 spiro atoms. The summed E-state index contributed by atoms with van der Waals surface area (Å²) in [7, 11) is 0. The number of hydrogen-bond donors (Lipinski definition) is 2. The van der Waals surface area contributed by atoms with E-state index in [4.69, 9.17) is 5.26 Å². The topological polar surface area (TPSA) is 77.8 Å². The van der Waals surface area contributed by atoms with Crippen LogP contribution in [0.5, 0.6) is 0 Å². The SMILES string of the molecule is Cc1cc(N/C=C(/C#N)C(=O)NCc2cccnc2)ccc1Br. The van der Waals surface area contributed by atoms with E-state index in [1.165, 1.54) is 6.20 Å². The maximum absolute atomic E-state index is 12.0. The van der Waals surface area contributed by atoms with Crippen molar-refractivity contribution < 1.29 is 4.79 Å². The molecule has 2 rings (SSSR count). The number of pyridine rings is 1. The fraction of sp³-hybridized carbons (Fsp3) is 0.118. The van der Waals surface area contributed by atoms with Crippen molar-refractivity contribution in [3.63, 3.8) is 0 Å². The van der Waals surface area contributed by atoms with Gasteiger partial charge in [-0.25, -0.2) is 0 Å². The first-order valence-corrected chi connectivity index (χ1v) is 7.69. The summed E-state index contributed by atoms with van der Waals surface area (Å²) in [5, 5.41) is 14.8. The zero-order valence-corrected chi connectivity index (χ0v) is 14.1. The molecule has 0 saturated carbocycles. The van der Waals surface area contributed by atoms with E-state index in [0.29, 0.717) is 6.54 Å². The standard InChI is InChI=1S/C17H15BrN4O/c1-12-7-15(4-5-16(12)18)21-11-14(8-19)17(23)22-10-13-3-2-6-20-9-13/h2-7,9,11,21H,10H2,1H3,(H,22,23)/b14-11-. The van der Waals surface area contributed by atoms with Gasteiger partial charge < -0.3 is 10.6 Å². The molecule has 1 amide bonds. The summed E-state index contributed by atoms with van der Waals surface area (Å²) in [4.78, 5) is 16.0. The van der Waals surface area contributed by atoms with Gasteiger partial charge in [-0.05, 0) is 42.3 Å². The number of nitrogens with zero attached hydrogens (tertiary/aromatic N) is 2. The summed E-state index contributed by atoms with van der Waals surface area (Å²) in [6.45, 7) is 2.29. The molecule has 2 N–H and O–H groups in total. The molecule has 6 heteroatoms. The average Bonchev–Trinajstić information content (AvgIpc) is 2.57. The lowest BCUT2D eigenvalue weighted by atomic mass is 10.2. The normalized spacial score (nSPS) is 10.7. The molecule has 0 aliphatic heterocycles. The number of aromatic nitrogens is 1. The number of aryl methyl sites for hydroxylation is 1. The van der Waals surface area contributed by atoms with Crippen LogP contribution in [0.2, 0.25) is 0 Å². The Morgan fingerprint density at radius 1 is 1.43 bits per heavy atom. The molecule has 0 fully saturated rings. The van der Waals surface area contributed by atoms with Gasteiger partial charge in [0.2, 0.25) is 0 Å². The fourth-order valence-electron chi connectivity index (χ4n) is 1.82. The van der Waals surface area contributed by atoms with E-state index in [1.54, 1.807) is 18.5 Å². The molecule has 0 saturated heterocycles. The van der Waals surface area contributed by atoms with Gasteiger partial charge >= 0.3 is 0 Å². The number of halogens is 1. The second-order valence-corrected chi connectivity index (χ2v) is 5.68. The number of carbonyl (C=O) groups excluding carboxylic acids is 1. The minimum atomic E-state index is -0.433.